The topological polar surface area (TPSA) is 59.1 Å². The second-order valence-corrected chi connectivity index (χ2v) is 5.21. The molecule has 0 aliphatic heterocycles. The Balaban J connectivity index is 2.99. The number of nitrogens with one attached hydrogen (secondary N) is 1. The summed E-state index contributed by atoms with van der Waals surface area (Å²) in [7, 11) is -3.21. The van der Waals surface area contributed by atoms with E-state index in [0.717, 1.165) is 11.8 Å². The molecule has 6 heteroatoms. The van der Waals surface area contributed by atoms with Crippen molar-refractivity contribution in [2.45, 2.75) is 6.92 Å². The predicted octanol–water partition coefficient (Wildman–Crippen LogP) is 1.52. The van der Waals surface area contributed by atoms with Gasteiger partial charge in [0.1, 0.15) is 4.60 Å². The van der Waals surface area contributed by atoms with Crippen LogP contribution in [0.3, 0.4) is 0 Å². The van der Waals surface area contributed by atoms with Crippen molar-refractivity contribution >= 4 is 31.6 Å². The Morgan fingerprint density at radius 3 is 2.62 bits per heavy atom. The monoisotopic (exact) mass is 264 g/mol. The van der Waals surface area contributed by atoms with Crippen molar-refractivity contribution in [1.82, 2.24) is 4.98 Å². The summed E-state index contributed by atoms with van der Waals surface area (Å²) in [6.07, 6.45) is 2.56. The average Bonchev–Trinajstić information content (AvgIpc) is 1.94. The maximum absolute atomic E-state index is 10.8. The largest absolute Gasteiger partial charge is 0.282 e. The summed E-state index contributed by atoms with van der Waals surface area (Å²) in [6.45, 7) is 1.84. The minimum atomic E-state index is -3.21. The van der Waals surface area contributed by atoms with Gasteiger partial charge < -0.3 is 0 Å². The van der Waals surface area contributed by atoms with E-state index >= 15 is 0 Å². The van der Waals surface area contributed by atoms with Gasteiger partial charge in [-0.25, -0.2) is 13.4 Å². The van der Waals surface area contributed by atoms with E-state index in [-0.39, 0.29) is 0 Å². The van der Waals surface area contributed by atoms with Crippen molar-refractivity contribution in [3.8, 4) is 0 Å². The molecule has 0 radical (unpaired) electrons. The molecule has 4 nitrogen and oxygen atoms in total. The number of halogens is 1. The van der Waals surface area contributed by atoms with Crippen LogP contribution < -0.4 is 4.72 Å². The molecule has 0 fully saturated rings. The third kappa shape index (κ3) is 3.31. The number of sulfonamides is 1. The van der Waals surface area contributed by atoms with E-state index in [2.05, 4.69) is 25.6 Å². The fraction of sp³-hybridized carbons (Fsp3) is 0.286. The van der Waals surface area contributed by atoms with Crippen LogP contribution in [0.5, 0.6) is 0 Å². The average molecular weight is 265 g/mol. The SMILES string of the molecule is Cc1cc(NS(C)(=O)=O)cnc1Br. The second kappa shape index (κ2) is 3.63. The zero-order valence-corrected chi connectivity index (χ0v) is 9.61. The molecule has 0 bridgehead atoms. The van der Waals surface area contributed by atoms with Gasteiger partial charge in [-0.1, -0.05) is 0 Å². The lowest BCUT2D eigenvalue weighted by Gasteiger charge is -2.04. The van der Waals surface area contributed by atoms with Gasteiger partial charge in [0.05, 0.1) is 18.1 Å². The van der Waals surface area contributed by atoms with Crippen molar-refractivity contribution in [3.63, 3.8) is 0 Å². The summed E-state index contributed by atoms with van der Waals surface area (Å²) in [4.78, 5) is 3.95. The zero-order valence-electron chi connectivity index (χ0n) is 7.20. The molecule has 13 heavy (non-hydrogen) atoms. The maximum Gasteiger partial charge on any atom is 0.229 e. The van der Waals surface area contributed by atoms with Crippen molar-refractivity contribution in [2.75, 3.05) is 11.0 Å². The predicted molar refractivity (Wildman–Crippen MR) is 55.1 cm³/mol. The number of hydrogen-bond acceptors (Lipinski definition) is 3. The molecule has 0 spiro atoms. The minimum Gasteiger partial charge on any atom is -0.282 e. The van der Waals surface area contributed by atoms with E-state index in [0.29, 0.717) is 10.3 Å². The molecule has 0 atom stereocenters. The zero-order chi connectivity index (χ0) is 10.1. The lowest BCUT2D eigenvalue weighted by Crippen LogP contribution is -2.09. The highest BCUT2D eigenvalue weighted by Gasteiger charge is 2.03. The van der Waals surface area contributed by atoms with Crippen molar-refractivity contribution < 1.29 is 8.42 Å². The molecule has 1 N–H and O–H groups in total. The molecule has 1 heterocycles. The Morgan fingerprint density at radius 2 is 2.15 bits per heavy atom. The lowest BCUT2D eigenvalue weighted by molar-refractivity contribution is 0.607. The van der Waals surface area contributed by atoms with Crippen LogP contribution in [-0.4, -0.2) is 19.7 Å². The Labute approximate surface area is 85.6 Å². The highest BCUT2D eigenvalue weighted by atomic mass is 79.9. The van der Waals surface area contributed by atoms with Gasteiger partial charge in [0.15, 0.2) is 0 Å². The first-order valence-corrected chi connectivity index (χ1v) is 6.17. The van der Waals surface area contributed by atoms with Crippen LogP contribution in [0.4, 0.5) is 5.69 Å². The van der Waals surface area contributed by atoms with Gasteiger partial charge >= 0.3 is 0 Å². The molecular formula is C7H9BrN2O2S. The van der Waals surface area contributed by atoms with E-state index in [1.807, 2.05) is 6.92 Å². The number of pyridine rings is 1. The Morgan fingerprint density at radius 1 is 1.54 bits per heavy atom. The molecule has 0 aromatic carbocycles. The van der Waals surface area contributed by atoms with Gasteiger partial charge in [-0.05, 0) is 34.5 Å². The third-order valence-corrected chi connectivity index (χ3v) is 2.75. The van der Waals surface area contributed by atoms with Crippen LogP contribution in [-0.2, 0) is 10.0 Å². The summed E-state index contributed by atoms with van der Waals surface area (Å²) < 4.78 is 24.7. The van der Waals surface area contributed by atoms with E-state index in [4.69, 9.17) is 0 Å². The van der Waals surface area contributed by atoms with Crippen molar-refractivity contribution in [1.29, 1.82) is 0 Å². The number of aromatic nitrogens is 1. The molecule has 1 aromatic rings. The Hall–Kier alpha value is -0.620. The summed E-state index contributed by atoms with van der Waals surface area (Å²) >= 11 is 3.22. The number of rotatable bonds is 2. The van der Waals surface area contributed by atoms with Crippen LogP contribution in [0.1, 0.15) is 5.56 Å². The molecule has 0 saturated carbocycles. The standard InChI is InChI=1S/C7H9BrN2O2S/c1-5-3-6(4-9-7(5)8)10-13(2,11)12/h3-4,10H,1-2H3. The molecule has 1 aromatic heterocycles. The first-order chi connectivity index (χ1) is 5.88. The van der Waals surface area contributed by atoms with Crippen LogP contribution in [0.2, 0.25) is 0 Å². The normalized spacial score (nSPS) is 11.3. The van der Waals surface area contributed by atoms with Crippen LogP contribution >= 0.6 is 15.9 Å². The Kier molecular flexibility index (Phi) is 2.92. The van der Waals surface area contributed by atoms with Gasteiger partial charge in [-0.15, -0.1) is 0 Å². The quantitative estimate of drug-likeness (QED) is 0.825. The number of nitrogens with zero attached hydrogens (tertiary/aromatic N) is 1. The van der Waals surface area contributed by atoms with E-state index in [1.54, 1.807) is 6.07 Å². The van der Waals surface area contributed by atoms with Crippen molar-refractivity contribution in [3.05, 3.63) is 22.4 Å². The molecule has 0 aliphatic carbocycles. The van der Waals surface area contributed by atoms with Gasteiger partial charge in [0.25, 0.3) is 0 Å². The highest BCUT2D eigenvalue weighted by molar-refractivity contribution is 9.10. The molecule has 0 unspecified atom stereocenters. The van der Waals surface area contributed by atoms with Crippen LogP contribution in [0.15, 0.2) is 16.9 Å². The highest BCUT2D eigenvalue weighted by Crippen LogP contribution is 2.17. The van der Waals surface area contributed by atoms with Gasteiger partial charge in [0.2, 0.25) is 10.0 Å². The second-order valence-electron chi connectivity index (χ2n) is 2.71. The third-order valence-electron chi connectivity index (χ3n) is 1.32. The summed E-state index contributed by atoms with van der Waals surface area (Å²) in [5.74, 6) is 0. The fourth-order valence-corrected chi connectivity index (χ4v) is 1.58. The minimum absolute atomic E-state index is 0.475. The smallest absolute Gasteiger partial charge is 0.229 e. The number of hydrogen-bond donors (Lipinski definition) is 1. The van der Waals surface area contributed by atoms with E-state index in [9.17, 15) is 8.42 Å². The van der Waals surface area contributed by atoms with Gasteiger partial charge in [-0.2, -0.15) is 0 Å². The van der Waals surface area contributed by atoms with E-state index < -0.39 is 10.0 Å². The van der Waals surface area contributed by atoms with Crippen LogP contribution in [0.25, 0.3) is 0 Å². The van der Waals surface area contributed by atoms with Crippen LogP contribution in [0, 0.1) is 6.92 Å². The number of aryl methyl sites for hydroxylation is 1. The van der Waals surface area contributed by atoms with Gasteiger partial charge in [-0.3, -0.25) is 4.72 Å². The first kappa shape index (κ1) is 10.5. The summed E-state index contributed by atoms with van der Waals surface area (Å²) in [6, 6.07) is 1.71. The molecule has 1 rings (SSSR count). The molecule has 72 valence electrons. The van der Waals surface area contributed by atoms with Crippen molar-refractivity contribution in [2.24, 2.45) is 0 Å². The molecule has 0 aliphatic rings. The molecule has 0 saturated heterocycles. The van der Waals surface area contributed by atoms with Gasteiger partial charge in [0, 0.05) is 0 Å². The molecular weight excluding hydrogens is 256 g/mol. The fourth-order valence-electron chi connectivity index (χ4n) is 0.828. The summed E-state index contributed by atoms with van der Waals surface area (Å²) in [5.41, 5.74) is 1.36. The van der Waals surface area contributed by atoms with E-state index in [1.165, 1.54) is 6.20 Å². The lowest BCUT2D eigenvalue weighted by atomic mass is 10.3. The first-order valence-electron chi connectivity index (χ1n) is 3.48. The number of anilines is 1. The molecule has 0 amide bonds. The maximum atomic E-state index is 10.8. The summed E-state index contributed by atoms with van der Waals surface area (Å²) in [5, 5.41) is 0. The Bertz CT molecular complexity index is 417.